The largest absolute Gasteiger partial charge is 0.497 e. The number of nitrogens with zero attached hydrogens (tertiary/aromatic N) is 4. The maximum Gasteiger partial charge on any atom is 0.136 e. The summed E-state index contributed by atoms with van der Waals surface area (Å²) < 4.78 is 7.42. The number of carbonyl (C=O) groups excluding carboxylic acids is 1. The summed E-state index contributed by atoms with van der Waals surface area (Å²) >= 11 is 0. The number of methoxy groups -OCH3 is 1. The minimum Gasteiger partial charge on any atom is -0.497 e. The third-order valence-electron chi connectivity index (χ3n) is 7.42. The Bertz CT molecular complexity index is 1150. The Hall–Kier alpha value is -3.02. The number of fused-ring (bicyclic) bond motifs is 3. The molecular formula is C25H28N4O2. The lowest BCUT2D eigenvalue weighted by Gasteiger charge is -2.50. The highest BCUT2D eigenvalue weighted by molar-refractivity contribution is 5.83. The van der Waals surface area contributed by atoms with Crippen LogP contribution in [0.2, 0.25) is 0 Å². The maximum atomic E-state index is 12.7. The molecule has 6 nitrogen and oxygen atoms in total. The minimum atomic E-state index is -0.297. The van der Waals surface area contributed by atoms with Gasteiger partial charge in [-0.2, -0.15) is 0 Å². The fourth-order valence-corrected chi connectivity index (χ4v) is 5.86. The molecule has 2 aromatic heterocycles. The van der Waals surface area contributed by atoms with Gasteiger partial charge in [0.1, 0.15) is 17.4 Å². The molecule has 6 heteroatoms. The number of rotatable bonds is 3. The predicted molar refractivity (Wildman–Crippen MR) is 118 cm³/mol. The van der Waals surface area contributed by atoms with Gasteiger partial charge in [-0.1, -0.05) is 19.1 Å². The van der Waals surface area contributed by atoms with Gasteiger partial charge in [0.25, 0.3) is 0 Å². The monoisotopic (exact) mass is 416 g/mol. The maximum absolute atomic E-state index is 12.7. The number of aromatic nitrogens is 4. The van der Waals surface area contributed by atoms with Crippen molar-refractivity contribution in [3.63, 3.8) is 0 Å². The Morgan fingerprint density at radius 2 is 1.94 bits per heavy atom. The minimum absolute atomic E-state index is 0.0134. The molecule has 0 spiro atoms. The van der Waals surface area contributed by atoms with Crippen molar-refractivity contribution in [2.45, 2.75) is 44.9 Å². The predicted octanol–water partition coefficient (Wildman–Crippen LogP) is 4.04. The molecule has 0 unspecified atom stereocenters. The van der Waals surface area contributed by atoms with Gasteiger partial charge in [0.05, 0.1) is 36.7 Å². The fraction of sp³-hybridized carbons (Fsp3) is 0.440. The van der Waals surface area contributed by atoms with Crippen molar-refractivity contribution in [2.24, 2.45) is 18.9 Å². The standard InChI is InChI=1S/C25H28N4O2/c1-15-20-10-9-19-23(21-13-26-14-29(21)3)27-16(2)28-24(19)25(20,12-11-22(15)30)17-5-7-18(31-4)8-6-17/h5-8,13-15,20H,9-12H2,1-4H3/t15-,20-,25+/m0/s1. The van der Waals surface area contributed by atoms with Crippen LogP contribution < -0.4 is 4.74 Å². The molecule has 0 saturated heterocycles. The summed E-state index contributed by atoms with van der Waals surface area (Å²) in [5.74, 6) is 2.20. The lowest BCUT2D eigenvalue weighted by Crippen LogP contribution is -2.50. The number of hydrogen-bond donors (Lipinski definition) is 0. The summed E-state index contributed by atoms with van der Waals surface area (Å²) in [4.78, 5) is 27.0. The first-order valence-electron chi connectivity index (χ1n) is 11.0. The summed E-state index contributed by atoms with van der Waals surface area (Å²) in [5.41, 5.74) is 5.18. The van der Waals surface area contributed by atoms with E-state index in [2.05, 4.69) is 24.0 Å². The molecule has 2 aliphatic rings. The van der Waals surface area contributed by atoms with Gasteiger partial charge in [-0.3, -0.25) is 4.79 Å². The first kappa shape index (κ1) is 19.9. The van der Waals surface area contributed by atoms with E-state index in [0.29, 0.717) is 12.2 Å². The van der Waals surface area contributed by atoms with Crippen LogP contribution in [0.25, 0.3) is 11.4 Å². The Morgan fingerprint density at radius 1 is 1.16 bits per heavy atom. The Balaban J connectivity index is 1.79. The Morgan fingerprint density at radius 3 is 2.61 bits per heavy atom. The van der Waals surface area contributed by atoms with Gasteiger partial charge in [-0.05, 0) is 49.8 Å². The quantitative estimate of drug-likeness (QED) is 0.644. The van der Waals surface area contributed by atoms with Crippen molar-refractivity contribution in [1.82, 2.24) is 19.5 Å². The second-order valence-electron chi connectivity index (χ2n) is 8.94. The van der Waals surface area contributed by atoms with E-state index in [1.165, 1.54) is 11.1 Å². The van der Waals surface area contributed by atoms with E-state index in [0.717, 1.165) is 47.9 Å². The number of ketones is 1. The molecule has 3 aromatic rings. The SMILES string of the molecule is COc1ccc([C@]23CCC(=O)[C@@H](C)[C@@H]2CCc2c(-c4cncn4C)nc(C)nc23)cc1. The van der Waals surface area contributed by atoms with Crippen LogP contribution in [0.4, 0.5) is 0 Å². The highest BCUT2D eigenvalue weighted by atomic mass is 16.5. The molecule has 0 bridgehead atoms. The summed E-state index contributed by atoms with van der Waals surface area (Å²) in [7, 11) is 3.68. The number of benzene rings is 1. The van der Waals surface area contributed by atoms with Gasteiger partial charge in [0.2, 0.25) is 0 Å². The van der Waals surface area contributed by atoms with E-state index >= 15 is 0 Å². The van der Waals surface area contributed by atoms with E-state index in [9.17, 15) is 4.79 Å². The second kappa shape index (κ2) is 7.29. The van der Waals surface area contributed by atoms with E-state index < -0.39 is 0 Å². The summed E-state index contributed by atoms with van der Waals surface area (Å²) in [6.45, 7) is 4.06. The molecule has 2 aliphatic carbocycles. The second-order valence-corrected chi connectivity index (χ2v) is 8.94. The van der Waals surface area contributed by atoms with Crippen molar-refractivity contribution in [3.05, 3.63) is 59.4 Å². The van der Waals surface area contributed by atoms with Crippen LogP contribution in [0.1, 0.15) is 48.8 Å². The summed E-state index contributed by atoms with van der Waals surface area (Å²) in [6, 6.07) is 8.36. The molecule has 3 atom stereocenters. The number of ether oxygens (including phenoxy) is 1. The van der Waals surface area contributed by atoms with E-state index in [1.54, 1.807) is 7.11 Å². The number of carbonyl (C=O) groups is 1. The topological polar surface area (TPSA) is 69.9 Å². The van der Waals surface area contributed by atoms with Crippen molar-refractivity contribution < 1.29 is 9.53 Å². The molecule has 1 saturated carbocycles. The third kappa shape index (κ3) is 2.92. The van der Waals surface area contributed by atoms with Crippen LogP contribution in [0, 0.1) is 18.8 Å². The molecular weight excluding hydrogens is 388 g/mol. The molecule has 2 heterocycles. The first-order valence-corrected chi connectivity index (χ1v) is 11.0. The van der Waals surface area contributed by atoms with Gasteiger partial charge >= 0.3 is 0 Å². The first-order chi connectivity index (χ1) is 15.0. The number of aryl methyl sites for hydroxylation is 2. The number of hydrogen-bond acceptors (Lipinski definition) is 5. The zero-order chi connectivity index (χ0) is 21.8. The van der Waals surface area contributed by atoms with E-state index in [4.69, 9.17) is 14.7 Å². The lowest BCUT2D eigenvalue weighted by molar-refractivity contribution is -0.128. The van der Waals surface area contributed by atoms with Crippen molar-refractivity contribution in [2.75, 3.05) is 7.11 Å². The van der Waals surface area contributed by atoms with Crippen LogP contribution in [0.3, 0.4) is 0 Å². The highest BCUT2D eigenvalue weighted by Crippen LogP contribution is 2.55. The van der Waals surface area contributed by atoms with Crippen molar-refractivity contribution >= 4 is 5.78 Å². The van der Waals surface area contributed by atoms with Crippen molar-refractivity contribution in [1.29, 1.82) is 0 Å². The molecule has 160 valence electrons. The van der Waals surface area contributed by atoms with Crippen LogP contribution in [-0.2, 0) is 23.7 Å². The van der Waals surface area contributed by atoms with E-state index in [1.807, 2.05) is 43.2 Å². The molecule has 0 radical (unpaired) electrons. The Labute approximate surface area is 182 Å². The van der Waals surface area contributed by atoms with Gasteiger partial charge in [0.15, 0.2) is 0 Å². The molecule has 1 fully saturated rings. The smallest absolute Gasteiger partial charge is 0.136 e. The normalized spacial score (nSPS) is 25.1. The van der Waals surface area contributed by atoms with Crippen LogP contribution >= 0.6 is 0 Å². The molecule has 0 amide bonds. The third-order valence-corrected chi connectivity index (χ3v) is 7.42. The van der Waals surface area contributed by atoms with E-state index in [-0.39, 0.29) is 17.3 Å². The molecule has 31 heavy (non-hydrogen) atoms. The van der Waals surface area contributed by atoms with Crippen LogP contribution in [0.5, 0.6) is 5.75 Å². The summed E-state index contributed by atoms with van der Waals surface area (Å²) in [6.07, 6.45) is 6.86. The van der Waals surface area contributed by atoms with Gasteiger partial charge < -0.3 is 9.30 Å². The average Bonchev–Trinajstić information content (AvgIpc) is 3.21. The van der Waals surface area contributed by atoms with Crippen LogP contribution in [0.15, 0.2) is 36.8 Å². The van der Waals surface area contributed by atoms with Crippen molar-refractivity contribution in [3.8, 4) is 17.1 Å². The number of imidazole rings is 1. The van der Waals surface area contributed by atoms with Gasteiger partial charge in [0, 0.05) is 30.4 Å². The molecule has 0 N–H and O–H groups in total. The zero-order valence-electron chi connectivity index (χ0n) is 18.6. The lowest BCUT2D eigenvalue weighted by atomic mass is 9.52. The molecule has 5 rings (SSSR count). The average molecular weight is 417 g/mol. The van der Waals surface area contributed by atoms with Gasteiger partial charge in [-0.25, -0.2) is 15.0 Å². The molecule has 1 aromatic carbocycles. The highest BCUT2D eigenvalue weighted by Gasteiger charge is 2.53. The fourth-order valence-electron chi connectivity index (χ4n) is 5.86. The molecule has 0 aliphatic heterocycles. The summed E-state index contributed by atoms with van der Waals surface area (Å²) in [5, 5.41) is 0. The van der Waals surface area contributed by atoms with Gasteiger partial charge in [-0.15, -0.1) is 0 Å². The van der Waals surface area contributed by atoms with Crippen LogP contribution in [-0.4, -0.2) is 32.4 Å². The number of Topliss-reactive ketones (excluding diaryl/α,β-unsaturated/α-hetero) is 1. The zero-order valence-corrected chi connectivity index (χ0v) is 18.6. The Kier molecular flexibility index (Phi) is 4.68.